The van der Waals surface area contributed by atoms with Crippen molar-refractivity contribution in [3.05, 3.63) is 103 Å². The molecule has 0 radical (unpaired) electrons. The molecule has 0 unspecified atom stereocenters. The van der Waals surface area contributed by atoms with Crippen LogP contribution in [0.15, 0.2) is 97.2 Å². The molecule has 5 aromatic carbocycles. The smallest absolute Gasteiger partial charge is 0.171 e. The van der Waals surface area contributed by atoms with Crippen LogP contribution in [0, 0.1) is 0 Å². The molecule has 0 saturated carbocycles. The molecule has 0 bridgehead atoms. The Labute approximate surface area is 185 Å². The van der Waals surface area contributed by atoms with Crippen molar-refractivity contribution < 1.29 is 9.47 Å². The summed E-state index contributed by atoms with van der Waals surface area (Å²) in [5.74, 6) is 1.43. The Morgan fingerprint density at radius 3 is 2.22 bits per heavy atom. The van der Waals surface area contributed by atoms with E-state index in [-0.39, 0.29) is 0 Å². The minimum Gasteiger partial charge on any atom is -0.493 e. The molecule has 0 spiro atoms. The Balaban J connectivity index is 1.56. The van der Waals surface area contributed by atoms with Gasteiger partial charge in [0.2, 0.25) is 0 Å². The van der Waals surface area contributed by atoms with Crippen molar-refractivity contribution in [3.63, 3.8) is 0 Å². The molecule has 0 amide bonds. The normalized spacial score (nSPS) is 11.4. The lowest BCUT2D eigenvalue weighted by atomic mass is 9.98. The monoisotopic (exact) mass is 415 g/mol. The van der Waals surface area contributed by atoms with Gasteiger partial charge in [-0.2, -0.15) is 0 Å². The predicted molar refractivity (Wildman–Crippen MR) is 132 cm³/mol. The maximum atomic E-state index is 6.26. The third-order valence-electron chi connectivity index (χ3n) is 6.08. The van der Waals surface area contributed by atoms with Gasteiger partial charge in [-0.3, -0.25) is 4.98 Å². The summed E-state index contributed by atoms with van der Waals surface area (Å²) >= 11 is 0. The van der Waals surface area contributed by atoms with Crippen molar-refractivity contribution in [2.24, 2.45) is 0 Å². The first-order chi connectivity index (χ1) is 15.8. The van der Waals surface area contributed by atoms with Gasteiger partial charge in [0.25, 0.3) is 0 Å². The van der Waals surface area contributed by atoms with E-state index in [1.165, 1.54) is 16.2 Å². The fourth-order valence-electron chi connectivity index (χ4n) is 4.47. The third-order valence-corrected chi connectivity index (χ3v) is 6.08. The Bertz CT molecular complexity index is 1610. The number of ether oxygens (including phenoxy) is 2. The molecule has 0 aliphatic rings. The van der Waals surface area contributed by atoms with E-state index in [1.54, 1.807) is 7.11 Å². The quantitative estimate of drug-likeness (QED) is 0.224. The van der Waals surface area contributed by atoms with Crippen molar-refractivity contribution >= 4 is 43.2 Å². The molecule has 0 N–H and O–H groups in total. The van der Waals surface area contributed by atoms with Crippen molar-refractivity contribution in [1.29, 1.82) is 0 Å². The largest absolute Gasteiger partial charge is 0.493 e. The highest BCUT2D eigenvalue weighted by molar-refractivity contribution is 6.18. The zero-order valence-electron chi connectivity index (χ0n) is 17.7. The van der Waals surface area contributed by atoms with Gasteiger partial charge in [0.1, 0.15) is 6.61 Å². The summed E-state index contributed by atoms with van der Waals surface area (Å²) in [6.45, 7) is 0.470. The predicted octanol–water partition coefficient (Wildman–Crippen LogP) is 7.28. The van der Waals surface area contributed by atoms with Gasteiger partial charge in [-0.1, -0.05) is 66.7 Å². The molecule has 32 heavy (non-hydrogen) atoms. The molecule has 0 fully saturated rings. The summed E-state index contributed by atoms with van der Waals surface area (Å²) in [6, 6.07) is 31.5. The summed E-state index contributed by atoms with van der Waals surface area (Å²) in [6.07, 6.45) is 1.91. The van der Waals surface area contributed by atoms with E-state index in [4.69, 9.17) is 14.5 Å². The number of pyridine rings is 1. The molecule has 0 aliphatic carbocycles. The van der Waals surface area contributed by atoms with E-state index in [0.29, 0.717) is 12.4 Å². The number of rotatable bonds is 4. The van der Waals surface area contributed by atoms with Crippen LogP contribution in [0.5, 0.6) is 11.5 Å². The summed E-state index contributed by atoms with van der Waals surface area (Å²) in [5, 5.41) is 7.97. The highest BCUT2D eigenvalue weighted by Gasteiger charge is 2.14. The highest BCUT2D eigenvalue weighted by atomic mass is 16.5. The zero-order chi connectivity index (χ0) is 21.5. The van der Waals surface area contributed by atoms with E-state index < -0.39 is 0 Å². The molecule has 3 nitrogen and oxygen atoms in total. The molecule has 0 atom stereocenters. The molecule has 1 aromatic heterocycles. The Kier molecular flexibility index (Phi) is 4.39. The number of nitrogens with zero attached hydrogens (tertiary/aromatic N) is 1. The van der Waals surface area contributed by atoms with Gasteiger partial charge >= 0.3 is 0 Å². The Morgan fingerprint density at radius 1 is 0.656 bits per heavy atom. The van der Waals surface area contributed by atoms with Crippen molar-refractivity contribution in [1.82, 2.24) is 4.98 Å². The molecule has 3 heteroatoms. The lowest BCUT2D eigenvalue weighted by Crippen LogP contribution is -1.99. The van der Waals surface area contributed by atoms with Crippen LogP contribution in [0.4, 0.5) is 0 Å². The zero-order valence-corrected chi connectivity index (χ0v) is 17.7. The average molecular weight is 415 g/mol. The first-order valence-corrected chi connectivity index (χ1v) is 10.7. The van der Waals surface area contributed by atoms with E-state index >= 15 is 0 Å². The molecular formula is C29H21NO2. The van der Waals surface area contributed by atoms with Crippen molar-refractivity contribution in [3.8, 4) is 11.5 Å². The molecule has 0 saturated heterocycles. The van der Waals surface area contributed by atoms with Gasteiger partial charge in [-0.25, -0.2) is 0 Å². The van der Waals surface area contributed by atoms with E-state index in [1.807, 2.05) is 30.5 Å². The standard InChI is InChI=1S/C29H21NO2/c1-31-27-14-13-23-24-12-11-22-15-20-9-5-6-10-21(20)16-25(22)28(24)30-17-26(23)29(27)32-18-19-7-3-2-4-8-19/h2-17H,18H2,1H3. The van der Waals surface area contributed by atoms with Gasteiger partial charge in [0.15, 0.2) is 11.5 Å². The molecular weight excluding hydrogens is 394 g/mol. The first-order valence-electron chi connectivity index (χ1n) is 10.7. The van der Waals surface area contributed by atoms with Crippen LogP contribution >= 0.6 is 0 Å². The minimum atomic E-state index is 0.470. The van der Waals surface area contributed by atoms with Crippen molar-refractivity contribution in [2.75, 3.05) is 7.11 Å². The second kappa shape index (κ2) is 7.54. The van der Waals surface area contributed by atoms with Crippen LogP contribution < -0.4 is 9.47 Å². The SMILES string of the molecule is COc1ccc2c(cnc3c4cc5ccccc5cc4ccc23)c1OCc1ccccc1. The van der Waals surface area contributed by atoms with Crippen LogP contribution in [-0.2, 0) is 6.61 Å². The van der Waals surface area contributed by atoms with Crippen LogP contribution in [0.3, 0.4) is 0 Å². The maximum absolute atomic E-state index is 6.26. The average Bonchev–Trinajstić information content (AvgIpc) is 2.86. The third kappa shape index (κ3) is 3.02. The number of aromatic nitrogens is 1. The highest BCUT2D eigenvalue weighted by Crippen LogP contribution is 2.40. The van der Waals surface area contributed by atoms with Gasteiger partial charge in [-0.15, -0.1) is 0 Å². The fraction of sp³-hybridized carbons (Fsp3) is 0.0690. The lowest BCUT2D eigenvalue weighted by Gasteiger charge is -2.15. The second-order valence-electron chi connectivity index (χ2n) is 7.97. The topological polar surface area (TPSA) is 31.4 Å². The van der Waals surface area contributed by atoms with Crippen molar-refractivity contribution in [2.45, 2.75) is 6.61 Å². The van der Waals surface area contributed by atoms with Gasteiger partial charge in [0.05, 0.1) is 12.6 Å². The number of fused-ring (bicyclic) bond motifs is 6. The lowest BCUT2D eigenvalue weighted by molar-refractivity contribution is 0.288. The summed E-state index contributed by atoms with van der Waals surface area (Å²) < 4.78 is 11.9. The van der Waals surface area contributed by atoms with Gasteiger partial charge in [0, 0.05) is 22.4 Å². The second-order valence-corrected chi connectivity index (χ2v) is 7.97. The fourth-order valence-corrected chi connectivity index (χ4v) is 4.47. The Hall–Kier alpha value is -4.11. The number of methoxy groups -OCH3 is 1. The number of hydrogen-bond donors (Lipinski definition) is 0. The maximum Gasteiger partial charge on any atom is 0.171 e. The molecule has 154 valence electrons. The summed E-state index contributed by atoms with van der Waals surface area (Å²) in [5.41, 5.74) is 2.11. The van der Waals surface area contributed by atoms with E-state index in [9.17, 15) is 0 Å². The number of benzene rings is 5. The van der Waals surface area contributed by atoms with Crippen LogP contribution in [0.25, 0.3) is 43.2 Å². The molecule has 1 heterocycles. The summed E-state index contributed by atoms with van der Waals surface area (Å²) in [7, 11) is 1.67. The minimum absolute atomic E-state index is 0.470. The number of hydrogen-bond acceptors (Lipinski definition) is 3. The first kappa shape index (κ1) is 18.6. The van der Waals surface area contributed by atoms with Crippen LogP contribution in [0.2, 0.25) is 0 Å². The summed E-state index contributed by atoms with van der Waals surface area (Å²) in [4.78, 5) is 4.90. The van der Waals surface area contributed by atoms with Crippen LogP contribution in [-0.4, -0.2) is 12.1 Å². The molecule has 6 rings (SSSR count). The Morgan fingerprint density at radius 2 is 1.41 bits per heavy atom. The van der Waals surface area contributed by atoms with Gasteiger partial charge < -0.3 is 9.47 Å². The van der Waals surface area contributed by atoms with E-state index in [0.717, 1.165) is 38.4 Å². The molecule has 6 aromatic rings. The van der Waals surface area contributed by atoms with E-state index in [2.05, 4.69) is 66.7 Å². The molecule has 0 aliphatic heterocycles. The van der Waals surface area contributed by atoms with Gasteiger partial charge in [-0.05, 0) is 51.4 Å². The van der Waals surface area contributed by atoms with Crippen LogP contribution in [0.1, 0.15) is 5.56 Å².